The van der Waals surface area contributed by atoms with Gasteiger partial charge >= 0.3 is 0 Å². The zero-order valence-corrected chi connectivity index (χ0v) is 11.9. The Labute approximate surface area is 120 Å². The number of nitrogens with zero attached hydrogens (tertiary/aromatic N) is 2. The Bertz CT molecular complexity index is 489. The zero-order valence-electron chi connectivity index (χ0n) is 11.9. The molecule has 1 atom stereocenters. The van der Waals surface area contributed by atoms with Gasteiger partial charge in [0.25, 0.3) is 0 Å². The average Bonchev–Trinajstić information content (AvgIpc) is 2.48. The van der Waals surface area contributed by atoms with Gasteiger partial charge in [0.05, 0.1) is 11.6 Å². The van der Waals surface area contributed by atoms with Crippen LogP contribution in [-0.4, -0.2) is 30.4 Å². The summed E-state index contributed by atoms with van der Waals surface area (Å²) in [7, 11) is 2.09. The highest BCUT2D eigenvalue weighted by atomic mass is 16.1. The number of likely N-dealkylation sites (tertiary alicyclic amines) is 1. The topological polar surface area (TPSA) is 56.1 Å². The van der Waals surface area contributed by atoms with E-state index in [4.69, 9.17) is 5.26 Å². The van der Waals surface area contributed by atoms with E-state index in [0.717, 1.165) is 18.5 Å². The van der Waals surface area contributed by atoms with Gasteiger partial charge in [0.1, 0.15) is 0 Å². The molecule has 4 nitrogen and oxygen atoms in total. The van der Waals surface area contributed by atoms with Crippen molar-refractivity contribution in [3.8, 4) is 6.07 Å². The molecule has 1 aromatic rings. The van der Waals surface area contributed by atoms with Crippen LogP contribution in [0, 0.1) is 11.3 Å². The highest BCUT2D eigenvalue weighted by molar-refractivity contribution is 5.76. The summed E-state index contributed by atoms with van der Waals surface area (Å²) in [6.07, 6.45) is 4.14. The summed E-state index contributed by atoms with van der Waals surface area (Å²) >= 11 is 0. The second kappa shape index (κ2) is 7.06. The van der Waals surface area contributed by atoms with Crippen molar-refractivity contribution in [3.63, 3.8) is 0 Å². The van der Waals surface area contributed by atoms with Crippen LogP contribution in [0.1, 0.15) is 36.8 Å². The van der Waals surface area contributed by atoms with Gasteiger partial charge in [0.15, 0.2) is 0 Å². The molecule has 1 N–H and O–H groups in total. The zero-order chi connectivity index (χ0) is 14.4. The van der Waals surface area contributed by atoms with E-state index in [1.165, 1.54) is 12.8 Å². The van der Waals surface area contributed by atoms with Crippen molar-refractivity contribution in [2.75, 3.05) is 13.6 Å². The Kier molecular flexibility index (Phi) is 5.14. The van der Waals surface area contributed by atoms with Crippen molar-refractivity contribution in [2.45, 2.75) is 38.3 Å². The number of hydrogen-bond donors (Lipinski definition) is 1. The molecule has 1 aliphatic heterocycles. The van der Waals surface area contributed by atoms with Crippen LogP contribution in [0.5, 0.6) is 0 Å². The molecular formula is C16H21N3O. The second-order valence-electron chi connectivity index (χ2n) is 5.42. The van der Waals surface area contributed by atoms with E-state index in [9.17, 15) is 4.79 Å². The minimum absolute atomic E-state index is 0.105. The number of benzene rings is 1. The van der Waals surface area contributed by atoms with Gasteiger partial charge in [0.2, 0.25) is 5.91 Å². The number of carbonyl (C=O) groups is 1. The number of amides is 1. The van der Waals surface area contributed by atoms with Gasteiger partial charge in [-0.3, -0.25) is 4.79 Å². The first kappa shape index (κ1) is 14.5. The lowest BCUT2D eigenvalue weighted by Crippen LogP contribution is -2.40. The number of nitrogens with one attached hydrogen (secondary N) is 1. The molecule has 0 spiro atoms. The van der Waals surface area contributed by atoms with E-state index >= 15 is 0 Å². The smallest absolute Gasteiger partial charge is 0.221 e. The lowest BCUT2D eigenvalue weighted by molar-refractivity contribution is -0.122. The SMILES string of the molecule is CN1CCCC[C@@H]1CC(=O)NCc1ccc(C#N)cc1. The van der Waals surface area contributed by atoms with Crippen LogP contribution >= 0.6 is 0 Å². The molecule has 4 heteroatoms. The van der Waals surface area contributed by atoms with E-state index < -0.39 is 0 Å². The van der Waals surface area contributed by atoms with Crippen LogP contribution in [0.15, 0.2) is 24.3 Å². The number of carbonyl (C=O) groups excluding carboxylic acids is 1. The molecular weight excluding hydrogens is 250 g/mol. The van der Waals surface area contributed by atoms with Crippen molar-refractivity contribution in [1.29, 1.82) is 5.26 Å². The normalized spacial score (nSPS) is 19.3. The van der Waals surface area contributed by atoms with Gasteiger partial charge in [-0.25, -0.2) is 0 Å². The number of piperidine rings is 1. The summed E-state index contributed by atoms with van der Waals surface area (Å²) in [5.74, 6) is 0.105. The van der Waals surface area contributed by atoms with Crippen LogP contribution in [0.25, 0.3) is 0 Å². The van der Waals surface area contributed by atoms with Gasteiger partial charge in [-0.1, -0.05) is 18.6 Å². The van der Waals surface area contributed by atoms with Gasteiger partial charge in [-0.05, 0) is 44.1 Å². The number of nitriles is 1. The molecule has 2 rings (SSSR count). The molecule has 1 fully saturated rings. The summed E-state index contributed by atoms with van der Waals surface area (Å²) in [6, 6.07) is 9.77. The summed E-state index contributed by atoms with van der Waals surface area (Å²) in [4.78, 5) is 14.2. The molecule has 1 saturated heterocycles. The summed E-state index contributed by atoms with van der Waals surface area (Å²) in [6.45, 7) is 1.62. The van der Waals surface area contributed by atoms with Gasteiger partial charge in [-0.2, -0.15) is 5.26 Å². The molecule has 0 bridgehead atoms. The van der Waals surface area contributed by atoms with Crippen molar-refractivity contribution >= 4 is 5.91 Å². The van der Waals surface area contributed by atoms with E-state index in [0.29, 0.717) is 24.6 Å². The minimum Gasteiger partial charge on any atom is -0.352 e. The maximum atomic E-state index is 12.0. The number of rotatable bonds is 4. The fourth-order valence-corrected chi connectivity index (χ4v) is 2.59. The lowest BCUT2D eigenvalue weighted by Gasteiger charge is -2.31. The highest BCUT2D eigenvalue weighted by Crippen LogP contribution is 2.17. The monoisotopic (exact) mass is 271 g/mol. The second-order valence-corrected chi connectivity index (χ2v) is 5.42. The third-order valence-electron chi connectivity index (χ3n) is 3.92. The fourth-order valence-electron chi connectivity index (χ4n) is 2.59. The van der Waals surface area contributed by atoms with Crippen LogP contribution < -0.4 is 5.32 Å². The van der Waals surface area contributed by atoms with Crippen molar-refractivity contribution in [3.05, 3.63) is 35.4 Å². The predicted molar refractivity (Wildman–Crippen MR) is 77.9 cm³/mol. The first-order valence-electron chi connectivity index (χ1n) is 7.15. The first-order chi connectivity index (χ1) is 9.69. The molecule has 20 heavy (non-hydrogen) atoms. The van der Waals surface area contributed by atoms with Crippen LogP contribution in [0.4, 0.5) is 0 Å². The molecule has 1 amide bonds. The standard InChI is InChI=1S/C16H21N3O/c1-19-9-3-2-4-15(19)10-16(20)18-12-14-7-5-13(11-17)6-8-14/h5-8,15H,2-4,9-10,12H2,1H3,(H,18,20)/t15-/m1/s1. The van der Waals surface area contributed by atoms with E-state index in [-0.39, 0.29) is 5.91 Å². The Hall–Kier alpha value is -1.86. The third kappa shape index (κ3) is 4.07. The minimum atomic E-state index is 0.105. The Balaban J connectivity index is 1.78. The lowest BCUT2D eigenvalue weighted by atomic mass is 10.00. The molecule has 1 aromatic carbocycles. The van der Waals surface area contributed by atoms with E-state index in [1.807, 2.05) is 12.1 Å². The Morgan fingerprint density at radius 3 is 2.80 bits per heavy atom. The Morgan fingerprint density at radius 1 is 1.40 bits per heavy atom. The quantitative estimate of drug-likeness (QED) is 0.912. The Morgan fingerprint density at radius 2 is 2.15 bits per heavy atom. The molecule has 0 unspecified atom stereocenters. The van der Waals surface area contributed by atoms with Crippen molar-refractivity contribution in [1.82, 2.24) is 10.2 Å². The fraction of sp³-hybridized carbons (Fsp3) is 0.500. The van der Waals surface area contributed by atoms with Crippen LogP contribution in [0.2, 0.25) is 0 Å². The van der Waals surface area contributed by atoms with Crippen LogP contribution in [0.3, 0.4) is 0 Å². The maximum Gasteiger partial charge on any atom is 0.221 e. The van der Waals surface area contributed by atoms with Gasteiger partial charge in [0, 0.05) is 19.0 Å². The summed E-state index contributed by atoms with van der Waals surface area (Å²) in [5, 5.41) is 11.7. The van der Waals surface area contributed by atoms with E-state index in [1.54, 1.807) is 12.1 Å². The molecule has 0 aliphatic carbocycles. The van der Waals surface area contributed by atoms with E-state index in [2.05, 4.69) is 23.3 Å². The van der Waals surface area contributed by atoms with Crippen LogP contribution in [-0.2, 0) is 11.3 Å². The molecule has 0 radical (unpaired) electrons. The first-order valence-corrected chi connectivity index (χ1v) is 7.15. The van der Waals surface area contributed by atoms with Gasteiger partial charge < -0.3 is 10.2 Å². The molecule has 0 aromatic heterocycles. The average molecular weight is 271 g/mol. The largest absolute Gasteiger partial charge is 0.352 e. The van der Waals surface area contributed by atoms with Crippen molar-refractivity contribution in [2.24, 2.45) is 0 Å². The summed E-state index contributed by atoms with van der Waals surface area (Å²) in [5.41, 5.74) is 1.67. The summed E-state index contributed by atoms with van der Waals surface area (Å²) < 4.78 is 0. The van der Waals surface area contributed by atoms with Gasteiger partial charge in [-0.15, -0.1) is 0 Å². The highest BCUT2D eigenvalue weighted by Gasteiger charge is 2.21. The number of hydrogen-bond acceptors (Lipinski definition) is 3. The van der Waals surface area contributed by atoms with Crippen molar-refractivity contribution < 1.29 is 4.79 Å². The third-order valence-corrected chi connectivity index (χ3v) is 3.92. The predicted octanol–water partition coefficient (Wildman–Crippen LogP) is 2.05. The molecule has 1 aliphatic rings. The molecule has 106 valence electrons. The molecule has 0 saturated carbocycles. The molecule has 1 heterocycles. The maximum absolute atomic E-state index is 12.0.